The van der Waals surface area contributed by atoms with Crippen molar-refractivity contribution >= 4 is 44.8 Å². The quantitative estimate of drug-likeness (QED) is 0.667. The maximum Gasteiger partial charge on any atom is 0.234 e. The number of benzene rings is 2. The third-order valence-electron chi connectivity index (χ3n) is 4.58. The molecule has 0 fully saturated rings. The molecule has 0 aromatic heterocycles. The highest BCUT2D eigenvalue weighted by molar-refractivity contribution is 8.00. The number of rotatable bonds is 7. The van der Waals surface area contributed by atoms with Crippen LogP contribution in [0.3, 0.4) is 0 Å². The largest absolute Gasteiger partial charge is 0.493 e. The Labute approximate surface area is 179 Å². The Bertz CT molecular complexity index is 1080. The molecule has 10 heteroatoms. The minimum atomic E-state index is -3.77. The minimum absolute atomic E-state index is 0.0652. The Morgan fingerprint density at radius 3 is 2.60 bits per heavy atom. The lowest BCUT2D eigenvalue weighted by Gasteiger charge is -2.19. The lowest BCUT2D eigenvalue weighted by Crippen LogP contribution is -2.25. The van der Waals surface area contributed by atoms with Crippen LogP contribution in [0.1, 0.15) is 13.3 Å². The Morgan fingerprint density at radius 2 is 1.90 bits per heavy atom. The van der Waals surface area contributed by atoms with Gasteiger partial charge >= 0.3 is 0 Å². The number of fused-ring (bicyclic) bond motifs is 1. The number of hydrogen-bond acceptors (Lipinski definition) is 7. The summed E-state index contributed by atoms with van der Waals surface area (Å²) in [7, 11) is -0.776. The second-order valence-corrected chi connectivity index (χ2v) is 10.1. The van der Waals surface area contributed by atoms with Crippen LogP contribution in [0, 0.1) is 0 Å². The molecule has 2 aromatic rings. The van der Waals surface area contributed by atoms with Crippen molar-refractivity contribution in [1.82, 2.24) is 0 Å². The number of ether oxygens (including phenoxy) is 2. The maximum absolute atomic E-state index is 12.9. The molecule has 8 nitrogen and oxygen atoms in total. The van der Waals surface area contributed by atoms with Crippen molar-refractivity contribution in [3.8, 4) is 11.5 Å². The second-order valence-electron chi connectivity index (χ2n) is 6.67. The van der Waals surface area contributed by atoms with Gasteiger partial charge in [-0.1, -0.05) is 0 Å². The van der Waals surface area contributed by atoms with E-state index in [0.717, 1.165) is 4.90 Å². The molecule has 1 aliphatic rings. The third kappa shape index (κ3) is 4.71. The lowest BCUT2D eigenvalue weighted by atomic mass is 10.2. The minimum Gasteiger partial charge on any atom is -0.493 e. The highest BCUT2D eigenvalue weighted by Gasteiger charge is 2.27. The standard InChI is InChI=1S/C20H22N2O6S2/c1-12(8-19(23)21-13-4-6-16(27-2)17(9-13)28-3)30(25,26)14-5-7-18-15(10-14)22-20(24)11-29-18/h4-7,9-10,12H,8,11H2,1-3H3,(H,21,23)(H,22,24)/t12-/m0/s1. The van der Waals surface area contributed by atoms with Crippen molar-refractivity contribution in [2.45, 2.75) is 28.4 Å². The molecule has 1 aliphatic heterocycles. The van der Waals surface area contributed by atoms with Crippen LogP contribution in [-0.4, -0.2) is 45.5 Å². The van der Waals surface area contributed by atoms with Gasteiger partial charge in [0.1, 0.15) is 0 Å². The van der Waals surface area contributed by atoms with E-state index >= 15 is 0 Å². The fourth-order valence-corrected chi connectivity index (χ4v) is 5.13. The first-order valence-electron chi connectivity index (χ1n) is 9.07. The molecule has 3 rings (SSSR count). The number of anilines is 2. The predicted octanol–water partition coefficient (Wildman–Crippen LogP) is 2.94. The fourth-order valence-electron chi connectivity index (χ4n) is 2.97. The van der Waals surface area contributed by atoms with Crippen LogP contribution in [0.4, 0.5) is 11.4 Å². The number of thioether (sulfide) groups is 1. The SMILES string of the molecule is COc1ccc(NC(=O)C[C@H](C)S(=O)(=O)c2ccc3c(c2)NC(=O)CS3)cc1OC. The van der Waals surface area contributed by atoms with E-state index in [0.29, 0.717) is 28.6 Å². The molecular weight excluding hydrogens is 428 g/mol. The average Bonchev–Trinajstić information content (AvgIpc) is 2.72. The summed E-state index contributed by atoms with van der Waals surface area (Å²) in [6.45, 7) is 1.48. The molecule has 0 saturated heterocycles. The number of methoxy groups -OCH3 is 2. The van der Waals surface area contributed by atoms with E-state index in [9.17, 15) is 18.0 Å². The molecular formula is C20H22N2O6S2. The van der Waals surface area contributed by atoms with Crippen LogP contribution in [-0.2, 0) is 19.4 Å². The number of hydrogen-bond donors (Lipinski definition) is 2. The summed E-state index contributed by atoms with van der Waals surface area (Å²) in [5.41, 5.74) is 0.940. The van der Waals surface area contributed by atoms with E-state index in [2.05, 4.69) is 10.6 Å². The molecule has 2 amide bonds. The van der Waals surface area contributed by atoms with Crippen molar-refractivity contribution < 1.29 is 27.5 Å². The second kappa shape index (κ2) is 8.97. The van der Waals surface area contributed by atoms with Gasteiger partial charge in [0.2, 0.25) is 11.8 Å². The summed E-state index contributed by atoms with van der Waals surface area (Å²) in [5.74, 6) is 0.643. The van der Waals surface area contributed by atoms with Crippen molar-refractivity contribution in [2.75, 3.05) is 30.6 Å². The molecule has 0 unspecified atom stereocenters. The molecule has 30 heavy (non-hydrogen) atoms. The van der Waals surface area contributed by atoms with Crippen LogP contribution < -0.4 is 20.1 Å². The monoisotopic (exact) mass is 450 g/mol. The van der Waals surface area contributed by atoms with Crippen LogP contribution in [0.25, 0.3) is 0 Å². The van der Waals surface area contributed by atoms with Crippen molar-refractivity contribution in [3.05, 3.63) is 36.4 Å². The summed E-state index contributed by atoms with van der Waals surface area (Å²) in [4.78, 5) is 24.9. The predicted molar refractivity (Wildman–Crippen MR) is 115 cm³/mol. The summed E-state index contributed by atoms with van der Waals surface area (Å²) >= 11 is 1.35. The van der Waals surface area contributed by atoms with Crippen molar-refractivity contribution in [2.24, 2.45) is 0 Å². The number of carbonyl (C=O) groups is 2. The fraction of sp³-hybridized carbons (Fsp3) is 0.300. The lowest BCUT2D eigenvalue weighted by molar-refractivity contribution is -0.116. The molecule has 0 saturated carbocycles. The molecule has 160 valence electrons. The van der Waals surface area contributed by atoms with E-state index < -0.39 is 21.0 Å². The van der Waals surface area contributed by atoms with Crippen LogP contribution >= 0.6 is 11.8 Å². The van der Waals surface area contributed by atoms with E-state index in [1.807, 2.05) is 0 Å². The third-order valence-corrected chi connectivity index (χ3v) is 7.79. The number of sulfone groups is 1. The number of nitrogens with one attached hydrogen (secondary N) is 2. The topological polar surface area (TPSA) is 111 Å². The maximum atomic E-state index is 12.9. The van der Waals surface area contributed by atoms with Crippen molar-refractivity contribution in [3.63, 3.8) is 0 Å². The van der Waals surface area contributed by atoms with Gasteiger partial charge in [-0.05, 0) is 37.3 Å². The molecule has 2 aromatic carbocycles. The molecule has 1 atom stereocenters. The van der Waals surface area contributed by atoms with Gasteiger partial charge in [0.15, 0.2) is 21.3 Å². The Morgan fingerprint density at radius 1 is 1.17 bits per heavy atom. The van der Waals surface area contributed by atoms with Gasteiger partial charge in [0.25, 0.3) is 0 Å². The van der Waals surface area contributed by atoms with Crippen LogP contribution in [0.15, 0.2) is 46.2 Å². The molecule has 0 aliphatic carbocycles. The van der Waals surface area contributed by atoms with E-state index in [4.69, 9.17) is 9.47 Å². The highest BCUT2D eigenvalue weighted by atomic mass is 32.2. The Kier molecular flexibility index (Phi) is 6.57. The van der Waals surface area contributed by atoms with Gasteiger partial charge in [0.05, 0.1) is 35.8 Å². The van der Waals surface area contributed by atoms with Crippen LogP contribution in [0.5, 0.6) is 11.5 Å². The van der Waals surface area contributed by atoms with Gasteiger partial charge in [0, 0.05) is 23.1 Å². The average molecular weight is 451 g/mol. The highest BCUT2D eigenvalue weighted by Crippen LogP contribution is 2.34. The number of carbonyl (C=O) groups excluding carboxylic acids is 2. The van der Waals surface area contributed by atoms with Crippen LogP contribution in [0.2, 0.25) is 0 Å². The van der Waals surface area contributed by atoms with Gasteiger partial charge < -0.3 is 20.1 Å². The first-order valence-corrected chi connectivity index (χ1v) is 11.6. The summed E-state index contributed by atoms with van der Waals surface area (Å²) in [5, 5.41) is 4.40. The smallest absolute Gasteiger partial charge is 0.234 e. The van der Waals surface area contributed by atoms with Gasteiger partial charge in [-0.3, -0.25) is 9.59 Å². The van der Waals surface area contributed by atoms with Crippen molar-refractivity contribution in [1.29, 1.82) is 0 Å². The zero-order valence-electron chi connectivity index (χ0n) is 16.7. The van der Waals surface area contributed by atoms with Gasteiger partial charge in [-0.25, -0.2) is 8.42 Å². The Balaban J connectivity index is 1.72. The molecule has 0 bridgehead atoms. The molecule has 1 heterocycles. The Hall–Kier alpha value is -2.72. The zero-order valence-corrected chi connectivity index (χ0v) is 18.4. The zero-order chi connectivity index (χ0) is 21.9. The molecule has 2 N–H and O–H groups in total. The first kappa shape index (κ1) is 22.0. The van der Waals surface area contributed by atoms with Gasteiger partial charge in [-0.15, -0.1) is 11.8 Å². The van der Waals surface area contributed by atoms with E-state index in [-0.39, 0.29) is 17.2 Å². The molecule has 0 spiro atoms. The first-order chi connectivity index (χ1) is 14.2. The summed E-state index contributed by atoms with van der Waals surface area (Å²) in [6.07, 6.45) is -0.227. The number of amides is 2. The normalized spacial score (nSPS) is 14.3. The summed E-state index contributed by atoms with van der Waals surface area (Å²) < 4.78 is 36.2. The van der Waals surface area contributed by atoms with E-state index in [1.165, 1.54) is 45.0 Å². The molecule has 0 radical (unpaired) electrons. The van der Waals surface area contributed by atoms with E-state index in [1.54, 1.807) is 24.3 Å². The van der Waals surface area contributed by atoms with Gasteiger partial charge in [-0.2, -0.15) is 0 Å². The summed E-state index contributed by atoms with van der Waals surface area (Å²) in [6, 6.07) is 9.50.